The summed E-state index contributed by atoms with van der Waals surface area (Å²) in [5.74, 6) is 1.04. The zero-order valence-electron chi connectivity index (χ0n) is 21.8. The van der Waals surface area contributed by atoms with E-state index in [9.17, 15) is 4.79 Å². The average molecular weight is 570 g/mol. The van der Waals surface area contributed by atoms with Crippen molar-refractivity contribution in [3.63, 3.8) is 0 Å². The van der Waals surface area contributed by atoms with Crippen LogP contribution in [-0.4, -0.2) is 42.1 Å². The molecule has 4 aromatic heterocycles. The van der Waals surface area contributed by atoms with E-state index in [4.69, 9.17) is 23.8 Å². The van der Waals surface area contributed by atoms with Crippen LogP contribution in [0.1, 0.15) is 17.4 Å². The number of hydrogen-bond donors (Lipinski definition) is 0. The van der Waals surface area contributed by atoms with E-state index < -0.39 is 5.97 Å². The molecule has 0 fully saturated rings. The van der Waals surface area contributed by atoms with E-state index in [1.54, 1.807) is 21.1 Å². The van der Waals surface area contributed by atoms with Crippen molar-refractivity contribution < 1.29 is 23.6 Å². The van der Waals surface area contributed by atoms with Crippen LogP contribution in [0.3, 0.4) is 0 Å². The van der Waals surface area contributed by atoms with Crippen LogP contribution in [0.25, 0.3) is 52.9 Å². The van der Waals surface area contributed by atoms with Crippen LogP contribution in [0.5, 0.6) is 11.5 Å². The first-order valence-electron chi connectivity index (χ1n) is 12.4. The van der Waals surface area contributed by atoms with E-state index in [0.717, 1.165) is 42.1 Å². The highest BCUT2D eigenvalue weighted by Gasteiger charge is 2.27. The highest BCUT2D eigenvalue weighted by molar-refractivity contribution is 7.19. The van der Waals surface area contributed by atoms with Crippen LogP contribution in [0.15, 0.2) is 77.4 Å². The van der Waals surface area contributed by atoms with Gasteiger partial charge in [-0.05, 0) is 101 Å². The number of methoxy groups -OCH3 is 2. The number of rotatable bonds is 8. The molecule has 0 aliphatic carbocycles. The number of nitrogens with zero attached hydrogens (tertiary/aromatic N) is 3. The quantitative estimate of drug-likeness (QED) is 0.173. The first kappa shape index (κ1) is 25.7. The standard InChI is InChI=1S/C30H23N3O5S2/c1-4-37-30(34)28-25(23-15-13-21(39-23)17-5-9-19(35-2)10-6-17)27-29(33-38-32-27)26(31-28)24-16-14-22(40-24)18-7-11-20(36-3)12-8-18/h5-16H,4H2,1-3H3. The van der Waals surface area contributed by atoms with Gasteiger partial charge in [0.25, 0.3) is 0 Å². The first-order chi connectivity index (χ1) is 19.6. The number of hydrogen-bond acceptors (Lipinski definition) is 10. The molecule has 0 N–H and O–H groups in total. The maximum Gasteiger partial charge on any atom is 0.357 e. The fourth-order valence-corrected chi connectivity index (χ4v) is 6.41. The van der Waals surface area contributed by atoms with E-state index in [1.165, 1.54) is 22.7 Å². The van der Waals surface area contributed by atoms with Crippen molar-refractivity contribution in [3.8, 4) is 53.4 Å². The topological polar surface area (TPSA) is 96.6 Å². The Kier molecular flexibility index (Phi) is 7.02. The summed E-state index contributed by atoms with van der Waals surface area (Å²) < 4.78 is 21.2. The minimum absolute atomic E-state index is 0.169. The molecule has 0 aliphatic rings. The summed E-state index contributed by atoms with van der Waals surface area (Å²) in [7, 11) is 3.28. The van der Waals surface area contributed by atoms with Gasteiger partial charge in [-0.15, -0.1) is 22.7 Å². The van der Waals surface area contributed by atoms with Gasteiger partial charge in [-0.2, -0.15) is 0 Å². The molecule has 0 amide bonds. The highest BCUT2D eigenvalue weighted by Crippen LogP contribution is 2.43. The summed E-state index contributed by atoms with van der Waals surface area (Å²) in [5.41, 5.74) is 4.22. The average Bonchev–Trinajstić information content (AvgIpc) is 3.78. The van der Waals surface area contributed by atoms with Crippen molar-refractivity contribution in [1.29, 1.82) is 0 Å². The molecule has 40 heavy (non-hydrogen) atoms. The van der Waals surface area contributed by atoms with Gasteiger partial charge in [0.05, 0.1) is 31.3 Å². The first-order valence-corrected chi connectivity index (χ1v) is 14.1. The summed E-state index contributed by atoms with van der Waals surface area (Å²) in [4.78, 5) is 21.7. The number of thiophene rings is 2. The third-order valence-electron chi connectivity index (χ3n) is 6.32. The van der Waals surface area contributed by atoms with Crippen LogP contribution in [0.2, 0.25) is 0 Å². The third kappa shape index (κ3) is 4.72. The van der Waals surface area contributed by atoms with Gasteiger partial charge in [-0.3, -0.25) is 0 Å². The van der Waals surface area contributed by atoms with Crippen LogP contribution < -0.4 is 9.47 Å². The molecular weight excluding hydrogens is 546 g/mol. The summed E-state index contributed by atoms with van der Waals surface area (Å²) in [6, 6.07) is 23.6. The molecule has 0 bridgehead atoms. The second-order valence-corrected chi connectivity index (χ2v) is 10.8. The lowest BCUT2D eigenvalue weighted by Crippen LogP contribution is -2.10. The van der Waals surface area contributed by atoms with Crippen LogP contribution >= 0.6 is 22.7 Å². The maximum absolute atomic E-state index is 13.2. The molecule has 0 radical (unpaired) electrons. The summed E-state index contributed by atoms with van der Waals surface area (Å²) in [6.45, 7) is 1.98. The van der Waals surface area contributed by atoms with Crippen LogP contribution in [0.4, 0.5) is 0 Å². The van der Waals surface area contributed by atoms with E-state index >= 15 is 0 Å². The minimum atomic E-state index is -0.532. The molecular formula is C30H23N3O5S2. The van der Waals surface area contributed by atoms with Crippen molar-refractivity contribution in [1.82, 2.24) is 15.3 Å². The Hall–Kier alpha value is -4.54. The molecule has 0 atom stereocenters. The Labute approximate surface area is 237 Å². The molecule has 10 heteroatoms. The molecule has 2 aromatic carbocycles. The second kappa shape index (κ2) is 10.9. The lowest BCUT2D eigenvalue weighted by molar-refractivity contribution is 0.0521. The zero-order valence-corrected chi connectivity index (χ0v) is 23.5. The maximum atomic E-state index is 13.2. The summed E-state index contributed by atoms with van der Waals surface area (Å²) in [5, 5.41) is 8.42. The highest BCUT2D eigenvalue weighted by atomic mass is 32.1. The lowest BCUT2D eigenvalue weighted by Gasteiger charge is -2.09. The Bertz CT molecular complexity index is 1800. The van der Waals surface area contributed by atoms with Gasteiger partial charge in [-0.25, -0.2) is 14.4 Å². The number of ether oxygens (including phenoxy) is 3. The fourth-order valence-electron chi connectivity index (χ4n) is 4.35. The second-order valence-electron chi connectivity index (χ2n) is 8.65. The molecule has 0 saturated carbocycles. The molecule has 6 aromatic rings. The molecule has 8 nitrogen and oxygen atoms in total. The molecule has 0 spiro atoms. The van der Waals surface area contributed by atoms with E-state index in [0.29, 0.717) is 22.3 Å². The van der Waals surface area contributed by atoms with Crippen LogP contribution in [-0.2, 0) is 4.74 Å². The Morgan fingerprint density at radius 3 is 1.82 bits per heavy atom. The van der Waals surface area contributed by atoms with Gasteiger partial charge in [0.2, 0.25) is 0 Å². The van der Waals surface area contributed by atoms with E-state index in [-0.39, 0.29) is 12.3 Å². The smallest absolute Gasteiger partial charge is 0.357 e. The van der Waals surface area contributed by atoms with Crippen LogP contribution in [0, 0.1) is 0 Å². The Morgan fingerprint density at radius 1 is 0.725 bits per heavy atom. The molecule has 0 unspecified atom stereocenters. The number of aromatic nitrogens is 3. The van der Waals surface area contributed by atoms with E-state index in [1.807, 2.05) is 72.8 Å². The van der Waals surface area contributed by atoms with Gasteiger partial charge in [-0.1, -0.05) is 0 Å². The van der Waals surface area contributed by atoms with Gasteiger partial charge >= 0.3 is 5.97 Å². The number of benzene rings is 2. The largest absolute Gasteiger partial charge is 0.497 e. The molecule has 0 aliphatic heterocycles. The third-order valence-corrected chi connectivity index (χ3v) is 8.61. The van der Waals surface area contributed by atoms with Crippen molar-refractivity contribution in [2.24, 2.45) is 0 Å². The number of esters is 1. The van der Waals surface area contributed by atoms with Gasteiger partial charge < -0.3 is 14.2 Å². The summed E-state index contributed by atoms with van der Waals surface area (Å²) in [6.07, 6.45) is 0. The predicted molar refractivity (Wildman–Crippen MR) is 156 cm³/mol. The van der Waals surface area contributed by atoms with Crippen molar-refractivity contribution in [2.45, 2.75) is 6.92 Å². The normalized spacial score (nSPS) is 11.1. The Balaban J connectivity index is 1.46. The zero-order chi connectivity index (χ0) is 27.6. The van der Waals surface area contributed by atoms with Gasteiger partial charge in [0.1, 0.15) is 22.7 Å². The number of fused-ring (bicyclic) bond motifs is 1. The molecule has 0 saturated heterocycles. The fraction of sp³-hybridized carbons (Fsp3) is 0.133. The lowest BCUT2D eigenvalue weighted by atomic mass is 10.1. The predicted octanol–water partition coefficient (Wildman–Crippen LogP) is 7.60. The number of pyridine rings is 1. The molecule has 200 valence electrons. The summed E-state index contributed by atoms with van der Waals surface area (Å²) >= 11 is 3.06. The van der Waals surface area contributed by atoms with E-state index in [2.05, 4.69) is 10.3 Å². The van der Waals surface area contributed by atoms with Crippen molar-refractivity contribution >= 4 is 39.7 Å². The Morgan fingerprint density at radius 2 is 1.25 bits per heavy atom. The van der Waals surface area contributed by atoms with Crippen molar-refractivity contribution in [2.75, 3.05) is 20.8 Å². The van der Waals surface area contributed by atoms with Crippen molar-refractivity contribution in [3.05, 3.63) is 78.5 Å². The SMILES string of the molecule is CCOC(=O)c1nc(-c2ccc(-c3ccc(OC)cc3)s2)c2nonc2c1-c1ccc(-c2ccc(OC)cc2)s1. The number of carbonyl (C=O) groups excluding carboxylic acids is 1. The monoisotopic (exact) mass is 569 g/mol. The van der Waals surface area contributed by atoms with Gasteiger partial charge in [0, 0.05) is 14.6 Å². The molecule has 4 heterocycles. The minimum Gasteiger partial charge on any atom is -0.497 e. The molecule has 6 rings (SSSR count). The van der Waals surface area contributed by atoms with Gasteiger partial charge in [0.15, 0.2) is 11.2 Å². The number of carbonyl (C=O) groups is 1.